The van der Waals surface area contributed by atoms with Crippen molar-refractivity contribution in [1.82, 2.24) is 15.5 Å². The highest BCUT2D eigenvalue weighted by molar-refractivity contribution is 5.95. The molecule has 1 saturated heterocycles. The maximum Gasteiger partial charge on any atom is 0.253 e. The van der Waals surface area contributed by atoms with Crippen molar-refractivity contribution < 1.29 is 9.59 Å². The van der Waals surface area contributed by atoms with Crippen LogP contribution in [0.3, 0.4) is 0 Å². The largest absolute Gasteiger partial charge is 0.351 e. The number of halogens is 1. The third-order valence-electron chi connectivity index (χ3n) is 5.91. The first-order valence-corrected chi connectivity index (χ1v) is 9.99. The fraction of sp³-hybridized carbons (Fsp3) is 0.391. The maximum absolute atomic E-state index is 13.0. The highest BCUT2D eigenvalue weighted by Gasteiger charge is 2.39. The first-order chi connectivity index (χ1) is 13.5. The van der Waals surface area contributed by atoms with Crippen LogP contribution in [0.15, 0.2) is 48.5 Å². The molecule has 0 aliphatic carbocycles. The van der Waals surface area contributed by atoms with Crippen LogP contribution in [-0.2, 0) is 24.4 Å². The van der Waals surface area contributed by atoms with Crippen LogP contribution in [0.5, 0.6) is 0 Å². The molecule has 154 valence electrons. The predicted octanol–water partition coefficient (Wildman–Crippen LogP) is 3.27. The number of hydrogen-bond acceptors (Lipinski definition) is 3. The van der Waals surface area contributed by atoms with Gasteiger partial charge in [0.25, 0.3) is 5.91 Å². The number of carbonyl (C=O) groups is 2. The molecule has 6 heteroatoms. The van der Waals surface area contributed by atoms with Crippen LogP contribution < -0.4 is 10.6 Å². The third kappa shape index (κ3) is 4.62. The molecule has 4 rings (SSSR count). The molecule has 2 aromatic carbocycles. The second-order valence-corrected chi connectivity index (χ2v) is 8.15. The lowest BCUT2D eigenvalue weighted by Crippen LogP contribution is -2.51. The lowest BCUT2D eigenvalue weighted by Gasteiger charge is -2.39. The topological polar surface area (TPSA) is 61.4 Å². The minimum atomic E-state index is -0.555. The summed E-state index contributed by atoms with van der Waals surface area (Å²) in [6.07, 6.45) is 1.64. The Morgan fingerprint density at radius 3 is 2.66 bits per heavy atom. The van der Waals surface area contributed by atoms with Crippen LogP contribution in [0.4, 0.5) is 0 Å². The number of likely N-dealkylation sites (tertiary alicyclic amines) is 1. The first-order valence-electron chi connectivity index (χ1n) is 9.99. The fourth-order valence-electron chi connectivity index (χ4n) is 4.22. The van der Waals surface area contributed by atoms with Crippen molar-refractivity contribution >= 4 is 24.2 Å². The number of carbonyl (C=O) groups excluding carboxylic acids is 2. The molecular formula is C23H28ClN3O2. The molecule has 2 amide bonds. The van der Waals surface area contributed by atoms with Crippen molar-refractivity contribution in [3.05, 3.63) is 70.8 Å². The minimum absolute atomic E-state index is 0. The second-order valence-electron chi connectivity index (χ2n) is 8.15. The lowest BCUT2D eigenvalue weighted by molar-refractivity contribution is -0.132. The van der Waals surface area contributed by atoms with Gasteiger partial charge in [0.05, 0.1) is 5.41 Å². The van der Waals surface area contributed by atoms with Crippen molar-refractivity contribution in [3.63, 3.8) is 0 Å². The van der Waals surface area contributed by atoms with E-state index >= 15 is 0 Å². The third-order valence-corrected chi connectivity index (χ3v) is 5.91. The molecule has 1 fully saturated rings. The maximum atomic E-state index is 13.0. The number of nitrogens with zero attached hydrogens (tertiary/aromatic N) is 1. The first kappa shape index (κ1) is 21.3. The fourth-order valence-corrected chi connectivity index (χ4v) is 4.22. The molecule has 0 bridgehead atoms. The van der Waals surface area contributed by atoms with Crippen LogP contribution in [0.1, 0.15) is 46.8 Å². The van der Waals surface area contributed by atoms with E-state index in [-0.39, 0.29) is 24.2 Å². The smallest absolute Gasteiger partial charge is 0.253 e. The summed E-state index contributed by atoms with van der Waals surface area (Å²) < 4.78 is 0. The van der Waals surface area contributed by atoms with E-state index in [0.717, 1.165) is 31.5 Å². The summed E-state index contributed by atoms with van der Waals surface area (Å²) in [7, 11) is 0. The Bertz CT molecular complexity index is 887. The molecule has 2 aliphatic rings. The molecular weight excluding hydrogens is 386 g/mol. The van der Waals surface area contributed by atoms with Gasteiger partial charge in [-0.25, -0.2) is 0 Å². The Labute approximate surface area is 178 Å². The van der Waals surface area contributed by atoms with Gasteiger partial charge in [-0.3, -0.25) is 9.59 Å². The van der Waals surface area contributed by atoms with E-state index in [1.54, 1.807) is 0 Å². The van der Waals surface area contributed by atoms with Gasteiger partial charge in [0.15, 0.2) is 0 Å². The molecule has 2 heterocycles. The van der Waals surface area contributed by atoms with Crippen LogP contribution >= 0.6 is 12.4 Å². The van der Waals surface area contributed by atoms with Gasteiger partial charge in [-0.15, -0.1) is 12.4 Å². The normalized spacial score (nSPS) is 20.5. The molecule has 0 saturated carbocycles. The second kappa shape index (κ2) is 8.97. The highest BCUT2D eigenvalue weighted by atomic mass is 35.5. The zero-order valence-corrected chi connectivity index (χ0v) is 17.6. The van der Waals surface area contributed by atoms with Crippen molar-refractivity contribution in [2.45, 2.75) is 39.4 Å². The Kier molecular flexibility index (Phi) is 6.60. The van der Waals surface area contributed by atoms with E-state index in [1.165, 1.54) is 11.1 Å². The van der Waals surface area contributed by atoms with Crippen molar-refractivity contribution in [3.8, 4) is 0 Å². The number of piperidine rings is 1. The van der Waals surface area contributed by atoms with Crippen LogP contribution in [-0.4, -0.2) is 29.8 Å². The zero-order valence-electron chi connectivity index (χ0n) is 16.7. The molecule has 2 N–H and O–H groups in total. The van der Waals surface area contributed by atoms with Gasteiger partial charge in [-0.2, -0.15) is 0 Å². The molecule has 2 aliphatic heterocycles. The van der Waals surface area contributed by atoms with Crippen LogP contribution in [0.2, 0.25) is 0 Å². The van der Waals surface area contributed by atoms with Gasteiger partial charge in [0.2, 0.25) is 5.91 Å². The molecule has 0 aromatic heterocycles. The predicted molar refractivity (Wildman–Crippen MR) is 116 cm³/mol. The molecule has 1 unspecified atom stereocenters. The zero-order chi connectivity index (χ0) is 19.6. The van der Waals surface area contributed by atoms with E-state index in [2.05, 4.69) is 28.8 Å². The van der Waals surface area contributed by atoms with Gasteiger partial charge in [-0.1, -0.05) is 36.4 Å². The van der Waals surface area contributed by atoms with E-state index in [9.17, 15) is 9.59 Å². The van der Waals surface area contributed by atoms with Crippen molar-refractivity contribution in [1.29, 1.82) is 0 Å². The standard InChI is InChI=1S/C23H27N3O2.ClH/c1-23(10-5-11-26(16-23)21(27)18-6-3-2-4-7-18)22(28)25-13-17-8-9-19-14-24-15-20(19)12-17;/h2-4,6-9,12,24H,5,10-11,13-16H2,1H3,(H,25,28);1H. The summed E-state index contributed by atoms with van der Waals surface area (Å²) in [6.45, 7) is 5.47. The summed E-state index contributed by atoms with van der Waals surface area (Å²) in [5.41, 5.74) is 3.90. The van der Waals surface area contributed by atoms with Crippen molar-refractivity contribution in [2.75, 3.05) is 13.1 Å². The molecule has 29 heavy (non-hydrogen) atoms. The summed E-state index contributed by atoms with van der Waals surface area (Å²) in [4.78, 5) is 27.6. The Morgan fingerprint density at radius 1 is 1.10 bits per heavy atom. The molecule has 5 nitrogen and oxygen atoms in total. The minimum Gasteiger partial charge on any atom is -0.351 e. The number of rotatable bonds is 4. The van der Waals surface area contributed by atoms with E-state index < -0.39 is 5.41 Å². The Balaban J connectivity index is 0.00000240. The summed E-state index contributed by atoms with van der Waals surface area (Å²) >= 11 is 0. The van der Waals surface area contributed by atoms with Crippen molar-refractivity contribution in [2.24, 2.45) is 5.41 Å². The average Bonchev–Trinajstić information content (AvgIpc) is 3.20. The van der Waals surface area contributed by atoms with Crippen LogP contribution in [0, 0.1) is 5.41 Å². The lowest BCUT2D eigenvalue weighted by atomic mass is 9.80. The van der Waals surface area contributed by atoms with E-state index in [4.69, 9.17) is 0 Å². The van der Waals surface area contributed by atoms with Gasteiger partial charge in [-0.05, 0) is 48.6 Å². The number of hydrogen-bond donors (Lipinski definition) is 2. The van der Waals surface area contributed by atoms with E-state index in [1.807, 2.05) is 42.2 Å². The van der Waals surface area contributed by atoms with Gasteiger partial charge in [0, 0.05) is 38.3 Å². The summed E-state index contributed by atoms with van der Waals surface area (Å²) in [5.74, 6) is 0.0298. The van der Waals surface area contributed by atoms with Gasteiger partial charge < -0.3 is 15.5 Å². The Hall–Kier alpha value is -2.37. The van der Waals surface area contributed by atoms with Crippen LogP contribution in [0.25, 0.3) is 0 Å². The SMILES string of the molecule is CC1(C(=O)NCc2ccc3c(c2)CNC3)CCCN(C(=O)c2ccccc2)C1.Cl. The average molecular weight is 414 g/mol. The number of benzene rings is 2. The number of amides is 2. The highest BCUT2D eigenvalue weighted by Crippen LogP contribution is 2.30. The molecule has 1 atom stereocenters. The molecule has 0 spiro atoms. The number of fused-ring (bicyclic) bond motifs is 1. The quantitative estimate of drug-likeness (QED) is 0.808. The monoisotopic (exact) mass is 413 g/mol. The van der Waals surface area contributed by atoms with E-state index in [0.29, 0.717) is 25.2 Å². The summed E-state index contributed by atoms with van der Waals surface area (Å²) in [5, 5.41) is 6.44. The summed E-state index contributed by atoms with van der Waals surface area (Å²) in [6, 6.07) is 15.7. The number of nitrogens with one attached hydrogen (secondary N) is 2. The van der Waals surface area contributed by atoms with Gasteiger partial charge >= 0.3 is 0 Å². The van der Waals surface area contributed by atoms with Gasteiger partial charge in [0.1, 0.15) is 0 Å². The Morgan fingerprint density at radius 2 is 1.86 bits per heavy atom. The molecule has 0 radical (unpaired) electrons. The molecule has 2 aromatic rings.